The molecule has 1 unspecified atom stereocenters. The van der Waals surface area contributed by atoms with Crippen molar-refractivity contribution in [1.82, 2.24) is 4.90 Å². The first-order valence-corrected chi connectivity index (χ1v) is 9.89. The number of benzene rings is 2. The number of hydrogen-bond donors (Lipinski definition) is 0. The average Bonchev–Trinajstić information content (AvgIpc) is 2.74. The Balaban J connectivity index is 1.65. The summed E-state index contributed by atoms with van der Waals surface area (Å²) in [6.45, 7) is 8.03. The van der Waals surface area contributed by atoms with Crippen LogP contribution in [0.2, 0.25) is 0 Å². The van der Waals surface area contributed by atoms with Crippen LogP contribution in [0.5, 0.6) is 0 Å². The third kappa shape index (κ3) is 4.71. The summed E-state index contributed by atoms with van der Waals surface area (Å²) in [4.78, 5) is 19.6. The van der Waals surface area contributed by atoms with Gasteiger partial charge in [-0.15, -0.1) is 0 Å². The van der Waals surface area contributed by atoms with Gasteiger partial charge in [-0.25, -0.2) is 0 Å². The fourth-order valence-corrected chi connectivity index (χ4v) is 3.71. The average molecular weight is 377 g/mol. The van der Waals surface area contributed by atoms with E-state index in [-0.39, 0.29) is 11.9 Å². The van der Waals surface area contributed by atoms with Gasteiger partial charge in [0.15, 0.2) is 0 Å². The lowest BCUT2D eigenvalue weighted by Gasteiger charge is -2.40. The highest BCUT2D eigenvalue weighted by Gasteiger charge is 2.29. The molecule has 0 aromatic heterocycles. The molecule has 1 amide bonds. The maximum Gasteiger partial charge on any atom is 0.244 e. The highest BCUT2D eigenvalue weighted by atomic mass is 16.2. The quantitative estimate of drug-likeness (QED) is 0.775. The van der Waals surface area contributed by atoms with E-state index in [1.165, 1.54) is 11.3 Å². The first-order chi connectivity index (χ1) is 13.6. The first-order valence-electron chi connectivity index (χ1n) is 9.89. The van der Waals surface area contributed by atoms with Crippen molar-refractivity contribution in [2.75, 3.05) is 42.5 Å². The molecule has 0 saturated carbocycles. The fraction of sp³-hybridized carbons (Fsp3) is 0.391. The number of carbonyl (C=O) groups excluding carboxylic acids is 1. The zero-order valence-corrected chi connectivity index (χ0v) is 16.7. The standard InChI is InChI=1S/C23H28N4O/c1-19-8-6-11-22(18-19)26-16-14-25(15-17-26)20(2)23(28)27(13-7-12-24)21-9-4-3-5-10-21/h3-6,8-11,18,20H,7,13-17H2,1-2H3. The van der Waals surface area contributed by atoms with Gasteiger partial charge in [0.05, 0.1) is 18.5 Å². The SMILES string of the molecule is Cc1cccc(N2CCN(C(C)C(=O)N(CCC#N)c3ccccc3)CC2)c1. The Morgan fingerprint density at radius 1 is 1.11 bits per heavy atom. The number of aryl methyl sites for hydroxylation is 1. The number of hydrogen-bond acceptors (Lipinski definition) is 4. The van der Waals surface area contributed by atoms with Crippen molar-refractivity contribution in [3.63, 3.8) is 0 Å². The Bertz CT molecular complexity index is 822. The second-order valence-electron chi connectivity index (χ2n) is 7.27. The van der Waals surface area contributed by atoms with Crippen molar-refractivity contribution in [3.05, 3.63) is 60.2 Å². The summed E-state index contributed by atoms with van der Waals surface area (Å²) < 4.78 is 0. The number of nitriles is 1. The molecule has 1 aliphatic heterocycles. The van der Waals surface area contributed by atoms with Crippen molar-refractivity contribution in [2.45, 2.75) is 26.3 Å². The molecule has 2 aromatic carbocycles. The Kier molecular flexibility index (Phi) is 6.67. The zero-order chi connectivity index (χ0) is 19.9. The highest BCUT2D eigenvalue weighted by molar-refractivity contribution is 5.97. The molecular weight excluding hydrogens is 348 g/mol. The number of carbonyl (C=O) groups is 1. The monoisotopic (exact) mass is 376 g/mol. The molecule has 2 aromatic rings. The van der Waals surface area contributed by atoms with Gasteiger partial charge in [-0.2, -0.15) is 5.26 Å². The van der Waals surface area contributed by atoms with Crippen LogP contribution < -0.4 is 9.80 Å². The summed E-state index contributed by atoms with van der Waals surface area (Å²) in [7, 11) is 0. The van der Waals surface area contributed by atoms with E-state index in [1.54, 1.807) is 4.90 Å². The molecule has 28 heavy (non-hydrogen) atoms. The van der Waals surface area contributed by atoms with E-state index < -0.39 is 0 Å². The summed E-state index contributed by atoms with van der Waals surface area (Å²) in [6, 6.07) is 20.2. The molecule has 146 valence electrons. The maximum absolute atomic E-state index is 13.2. The van der Waals surface area contributed by atoms with E-state index in [0.717, 1.165) is 31.9 Å². The minimum Gasteiger partial charge on any atom is -0.369 e. The summed E-state index contributed by atoms with van der Waals surface area (Å²) >= 11 is 0. The maximum atomic E-state index is 13.2. The normalized spacial score (nSPS) is 15.7. The minimum absolute atomic E-state index is 0.0606. The van der Waals surface area contributed by atoms with Gasteiger partial charge in [0.2, 0.25) is 5.91 Å². The number of rotatable bonds is 6. The topological polar surface area (TPSA) is 50.6 Å². The lowest BCUT2D eigenvalue weighted by atomic mass is 10.1. The van der Waals surface area contributed by atoms with E-state index in [1.807, 2.05) is 37.3 Å². The predicted octanol–water partition coefficient (Wildman–Crippen LogP) is 3.45. The third-order valence-electron chi connectivity index (χ3n) is 5.37. The molecule has 0 radical (unpaired) electrons. The second-order valence-corrected chi connectivity index (χ2v) is 7.27. The van der Waals surface area contributed by atoms with Crippen LogP contribution in [0.3, 0.4) is 0 Å². The van der Waals surface area contributed by atoms with Gasteiger partial charge >= 0.3 is 0 Å². The first kappa shape index (κ1) is 19.9. The van der Waals surface area contributed by atoms with Gasteiger partial charge in [-0.1, -0.05) is 30.3 Å². The van der Waals surface area contributed by atoms with Crippen molar-refractivity contribution >= 4 is 17.3 Å². The Morgan fingerprint density at radius 3 is 2.46 bits per heavy atom. The molecule has 1 fully saturated rings. The fourth-order valence-electron chi connectivity index (χ4n) is 3.71. The van der Waals surface area contributed by atoms with Crippen LogP contribution >= 0.6 is 0 Å². The van der Waals surface area contributed by atoms with Crippen LogP contribution in [-0.2, 0) is 4.79 Å². The number of para-hydroxylation sites is 1. The number of amides is 1. The van der Waals surface area contributed by atoms with Gasteiger partial charge in [0, 0.05) is 44.1 Å². The minimum atomic E-state index is -0.210. The molecule has 0 aliphatic carbocycles. The zero-order valence-electron chi connectivity index (χ0n) is 16.7. The summed E-state index contributed by atoms with van der Waals surface area (Å²) in [5.41, 5.74) is 3.37. The summed E-state index contributed by atoms with van der Waals surface area (Å²) in [5, 5.41) is 8.98. The van der Waals surface area contributed by atoms with Crippen LogP contribution in [0, 0.1) is 18.3 Å². The molecule has 3 rings (SSSR count). The molecule has 0 spiro atoms. The molecule has 1 saturated heterocycles. The van der Waals surface area contributed by atoms with Crippen LogP contribution in [0.25, 0.3) is 0 Å². The van der Waals surface area contributed by atoms with Crippen LogP contribution in [0.15, 0.2) is 54.6 Å². The number of piperazine rings is 1. The molecule has 5 nitrogen and oxygen atoms in total. The lowest BCUT2D eigenvalue weighted by Crippen LogP contribution is -2.55. The van der Waals surface area contributed by atoms with E-state index in [9.17, 15) is 4.79 Å². The molecule has 0 N–H and O–H groups in total. The molecule has 1 atom stereocenters. The van der Waals surface area contributed by atoms with Gasteiger partial charge in [-0.3, -0.25) is 9.69 Å². The lowest BCUT2D eigenvalue weighted by molar-refractivity contribution is -0.123. The van der Waals surface area contributed by atoms with Crippen LogP contribution in [0.4, 0.5) is 11.4 Å². The number of anilines is 2. The summed E-state index contributed by atoms with van der Waals surface area (Å²) in [6.07, 6.45) is 0.328. The van der Waals surface area contributed by atoms with Crippen LogP contribution in [0.1, 0.15) is 18.9 Å². The van der Waals surface area contributed by atoms with Gasteiger partial charge in [0.25, 0.3) is 0 Å². The number of nitrogens with zero attached hydrogens (tertiary/aromatic N) is 4. The van der Waals surface area contributed by atoms with E-state index in [0.29, 0.717) is 13.0 Å². The molecule has 5 heteroatoms. The third-order valence-corrected chi connectivity index (χ3v) is 5.37. The Labute approximate surface area is 167 Å². The highest BCUT2D eigenvalue weighted by Crippen LogP contribution is 2.21. The van der Waals surface area contributed by atoms with Crippen molar-refractivity contribution in [3.8, 4) is 6.07 Å². The molecule has 0 bridgehead atoms. The van der Waals surface area contributed by atoms with Crippen molar-refractivity contribution in [1.29, 1.82) is 5.26 Å². The molecular formula is C23H28N4O. The predicted molar refractivity (Wildman–Crippen MR) is 113 cm³/mol. The second kappa shape index (κ2) is 9.38. The van der Waals surface area contributed by atoms with E-state index >= 15 is 0 Å². The van der Waals surface area contributed by atoms with Gasteiger partial charge in [0.1, 0.15) is 0 Å². The largest absolute Gasteiger partial charge is 0.369 e. The van der Waals surface area contributed by atoms with E-state index in [2.05, 4.69) is 47.1 Å². The molecule has 1 aliphatic rings. The Hall–Kier alpha value is -2.84. The van der Waals surface area contributed by atoms with Crippen molar-refractivity contribution < 1.29 is 4.79 Å². The summed E-state index contributed by atoms with van der Waals surface area (Å²) in [5.74, 6) is 0.0606. The molecule has 1 heterocycles. The van der Waals surface area contributed by atoms with Crippen LogP contribution in [-0.4, -0.2) is 49.6 Å². The van der Waals surface area contributed by atoms with Crippen molar-refractivity contribution in [2.24, 2.45) is 0 Å². The smallest absolute Gasteiger partial charge is 0.244 e. The van der Waals surface area contributed by atoms with E-state index in [4.69, 9.17) is 5.26 Å². The van der Waals surface area contributed by atoms with Gasteiger partial charge in [-0.05, 0) is 43.7 Å². The Morgan fingerprint density at radius 2 is 1.82 bits per heavy atom. The van der Waals surface area contributed by atoms with Gasteiger partial charge < -0.3 is 9.80 Å².